The van der Waals surface area contributed by atoms with Crippen LogP contribution in [0.5, 0.6) is 0 Å². The summed E-state index contributed by atoms with van der Waals surface area (Å²) in [6, 6.07) is 0. The van der Waals surface area contributed by atoms with Crippen LogP contribution in [0.15, 0.2) is 20.0 Å². The van der Waals surface area contributed by atoms with E-state index in [0.717, 1.165) is 0 Å². The highest BCUT2D eigenvalue weighted by Gasteiger charge is 2.48. The zero-order valence-electron chi connectivity index (χ0n) is 11.4. The molecule has 0 aromatic heterocycles. The molecule has 2 aliphatic rings. The molecule has 0 radical (unpaired) electrons. The fourth-order valence-corrected chi connectivity index (χ4v) is 11.1. The van der Waals surface area contributed by atoms with Crippen LogP contribution in [0.25, 0.3) is 0 Å². The lowest BCUT2D eigenvalue weighted by Crippen LogP contribution is -2.39. The average molecular weight is 346 g/mol. The van der Waals surface area contributed by atoms with E-state index >= 15 is 0 Å². The number of hydrogen-bond acceptors (Lipinski definition) is 0. The summed E-state index contributed by atoms with van der Waals surface area (Å²) in [7, 11) is -1.28. The summed E-state index contributed by atoms with van der Waals surface area (Å²) in [5, 5.41) is 1.83. The molecule has 2 heteroatoms. The molecular weight excluding hydrogens is 323 g/mol. The molecule has 1 aliphatic carbocycles. The lowest BCUT2D eigenvalue weighted by Gasteiger charge is -2.45. The predicted molar refractivity (Wildman–Crippen MR) is 83.4 cm³/mol. The summed E-state index contributed by atoms with van der Waals surface area (Å²) >= 11 is 2.57. The maximum absolute atomic E-state index is 2.60. The summed E-state index contributed by atoms with van der Waals surface area (Å²) in [5.74, 6) is 0. The van der Waals surface area contributed by atoms with Crippen molar-refractivity contribution in [1.29, 1.82) is 0 Å². The van der Waals surface area contributed by atoms with Crippen LogP contribution >= 0.6 is 22.6 Å². The van der Waals surface area contributed by atoms with Gasteiger partial charge in [0.15, 0.2) is 0 Å². The summed E-state index contributed by atoms with van der Waals surface area (Å²) in [4.78, 5) is 0. The Morgan fingerprint density at radius 3 is 2.06 bits per heavy atom. The molecule has 0 nitrogen and oxygen atoms in total. The van der Waals surface area contributed by atoms with E-state index in [4.69, 9.17) is 0 Å². The third-order valence-corrected chi connectivity index (χ3v) is 9.01. The van der Waals surface area contributed by atoms with Crippen molar-refractivity contribution in [3.8, 4) is 0 Å². The fraction of sp³-hybridized carbons (Fsp3) is 0.714. The van der Waals surface area contributed by atoms with Gasteiger partial charge < -0.3 is 0 Å². The minimum atomic E-state index is -1.28. The van der Waals surface area contributed by atoms with Gasteiger partial charge in [-0.25, -0.2) is 0 Å². The van der Waals surface area contributed by atoms with E-state index in [1.165, 1.54) is 12.8 Å². The van der Waals surface area contributed by atoms with Gasteiger partial charge in [-0.1, -0.05) is 51.7 Å². The molecule has 0 N–H and O–H groups in total. The van der Waals surface area contributed by atoms with Crippen LogP contribution < -0.4 is 0 Å². The van der Waals surface area contributed by atoms with Crippen LogP contribution in [-0.2, 0) is 0 Å². The van der Waals surface area contributed by atoms with Gasteiger partial charge in [0.1, 0.15) is 8.07 Å². The van der Waals surface area contributed by atoms with Gasteiger partial charge in [-0.2, -0.15) is 0 Å². The summed E-state index contributed by atoms with van der Waals surface area (Å²) in [6.07, 6.45) is 2.69. The normalized spacial score (nSPS) is 30.1. The Labute approximate surface area is 115 Å². The SMILES string of the molecule is CC1(C)CCC(C)(C)C2=C1C(I)=C[Si]2(C)C. The molecule has 0 saturated heterocycles. The topological polar surface area (TPSA) is 0 Å². The standard InChI is InChI=1S/C14H23ISi/c1-13(2)7-8-14(3,4)12-11(13)10(15)9-16(12,5)6/h9H,7-8H2,1-6H3. The molecule has 16 heavy (non-hydrogen) atoms. The molecular formula is C14H23ISi. The highest BCUT2D eigenvalue weighted by atomic mass is 127. The number of rotatable bonds is 0. The third-order valence-electron chi connectivity index (χ3n) is 4.35. The van der Waals surface area contributed by atoms with Gasteiger partial charge in [-0.3, -0.25) is 0 Å². The molecule has 0 bridgehead atoms. The first-order valence-corrected chi connectivity index (χ1v) is 10.4. The van der Waals surface area contributed by atoms with Crippen molar-refractivity contribution < 1.29 is 0 Å². The first-order valence-electron chi connectivity index (χ1n) is 6.22. The van der Waals surface area contributed by atoms with Crippen LogP contribution in [0.2, 0.25) is 13.1 Å². The molecule has 0 atom stereocenters. The number of allylic oxidation sites excluding steroid dienone is 3. The molecule has 1 aliphatic heterocycles. The predicted octanol–water partition coefficient (Wildman–Crippen LogP) is 5.25. The van der Waals surface area contributed by atoms with Crippen LogP contribution in [0.4, 0.5) is 0 Å². The number of halogens is 1. The second-order valence-corrected chi connectivity index (χ2v) is 12.6. The van der Waals surface area contributed by atoms with Gasteiger partial charge in [-0.15, -0.1) is 0 Å². The van der Waals surface area contributed by atoms with Gasteiger partial charge in [-0.05, 0) is 51.8 Å². The maximum atomic E-state index is 2.60. The molecule has 0 saturated carbocycles. The van der Waals surface area contributed by atoms with Crippen LogP contribution in [0.3, 0.4) is 0 Å². The summed E-state index contributed by atoms with van der Waals surface area (Å²) in [6.45, 7) is 14.8. The lowest BCUT2D eigenvalue weighted by molar-refractivity contribution is 0.278. The van der Waals surface area contributed by atoms with Crippen molar-refractivity contribution in [2.75, 3.05) is 0 Å². The minimum absolute atomic E-state index is 0.401. The fourth-order valence-electron chi connectivity index (χ4n) is 3.65. The van der Waals surface area contributed by atoms with E-state index in [2.05, 4.69) is 69.1 Å². The lowest BCUT2D eigenvalue weighted by atomic mass is 9.67. The highest BCUT2D eigenvalue weighted by Crippen LogP contribution is 2.58. The van der Waals surface area contributed by atoms with Crippen LogP contribution in [0, 0.1) is 10.8 Å². The molecule has 0 fully saturated rings. The van der Waals surface area contributed by atoms with E-state index in [9.17, 15) is 0 Å². The van der Waals surface area contributed by atoms with Crippen molar-refractivity contribution in [1.82, 2.24) is 0 Å². The molecule has 0 spiro atoms. The Kier molecular flexibility index (Phi) is 2.79. The molecule has 0 aromatic rings. The maximum Gasteiger partial charge on any atom is 0.101 e. The molecule has 2 rings (SSSR count). The average Bonchev–Trinajstić information content (AvgIpc) is 2.32. The number of hydrogen-bond donors (Lipinski definition) is 0. The zero-order chi connectivity index (χ0) is 12.4. The molecule has 1 heterocycles. The second kappa shape index (κ2) is 3.47. The van der Waals surface area contributed by atoms with Crippen molar-refractivity contribution in [3.05, 3.63) is 20.0 Å². The van der Waals surface area contributed by atoms with Crippen molar-refractivity contribution in [2.45, 2.75) is 53.6 Å². The zero-order valence-corrected chi connectivity index (χ0v) is 14.5. The quantitative estimate of drug-likeness (QED) is 0.415. The van der Waals surface area contributed by atoms with Gasteiger partial charge in [0.05, 0.1) is 0 Å². The van der Waals surface area contributed by atoms with Crippen LogP contribution in [0.1, 0.15) is 40.5 Å². The van der Waals surface area contributed by atoms with Gasteiger partial charge >= 0.3 is 0 Å². The monoisotopic (exact) mass is 346 g/mol. The Morgan fingerprint density at radius 1 is 1.06 bits per heavy atom. The highest BCUT2D eigenvalue weighted by molar-refractivity contribution is 14.1. The third kappa shape index (κ3) is 1.76. The Bertz CT molecular complexity index is 397. The minimum Gasteiger partial charge on any atom is -0.0770 e. The largest absolute Gasteiger partial charge is 0.101 e. The first-order chi connectivity index (χ1) is 7.08. The van der Waals surface area contributed by atoms with E-state index in [1.807, 2.05) is 5.20 Å². The van der Waals surface area contributed by atoms with E-state index in [-0.39, 0.29) is 0 Å². The molecule has 0 amide bonds. The molecule has 0 unspecified atom stereocenters. The first kappa shape index (κ1) is 12.9. The van der Waals surface area contributed by atoms with Gasteiger partial charge in [0, 0.05) is 3.58 Å². The second-order valence-electron chi connectivity index (χ2n) is 7.23. The molecule has 90 valence electrons. The van der Waals surface area contributed by atoms with Gasteiger partial charge in [0.25, 0.3) is 0 Å². The molecule has 0 aromatic carbocycles. The van der Waals surface area contributed by atoms with Gasteiger partial charge in [0.2, 0.25) is 0 Å². The van der Waals surface area contributed by atoms with E-state index in [0.29, 0.717) is 10.8 Å². The Balaban J connectivity index is 2.68. The Morgan fingerprint density at radius 2 is 1.56 bits per heavy atom. The van der Waals surface area contributed by atoms with E-state index < -0.39 is 8.07 Å². The summed E-state index contributed by atoms with van der Waals surface area (Å²) < 4.78 is 1.56. The summed E-state index contributed by atoms with van der Waals surface area (Å²) in [5.41, 5.74) is 5.15. The van der Waals surface area contributed by atoms with Crippen molar-refractivity contribution in [3.63, 3.8) is 0 Å². The smallest absolute Gasteiger partial charge is 0.0770 e. The van der Waals surface area contributed by atoms with Crippen molar-refractivity contribution >= 4 is 30.7 Å². The van der Waals surface area contributed by atoms with Crippen LogP contribution in [-0.4, -0.2) is 8.07 Å². The Hall–Kier alpha value is 0.427. The van der Waals surface area contributed by atoms with Crippen molar-refractivity contribution in [2.24, 2.45) is 10.8 Å². The van der Waals surface area contributed by atoms with E-state index in [1.54, 1.807) is 9.15 Å².